The lowest BCUT2D eigenvalue weighted by Crippen LogP contribution is -2.46. The van der Waals surface area contributed by atoms with Gasteiger partial charge in [-0.3, -0.25) is 9.59 Å². The van der Waals surface area contributed by atoms with Gasteiger partial charge >= 0.3 is 5.97 Å². The Bertz CT molecular complexity index is 654. The average Bonchev–Trinajstić information content (AvgIpc) is 2.93. The number of hydrogen-bond acceptors (Lipinski definition) is 3. The molecule has 124 valence electrons. The molecule has 6 heteroatoms. The highest BCUT2D eigenvalue weighted by Crippen LogP contribution is 2.40. The molecule has 0 radical (unpaired) electrons. The van der Waals surface area contributed by atoms with Crippen molar-refractivity contribution in [1.82, 2.24) is 9.47 Å². The number of rotatable bonds is 4. The van der Waals surface area contributed by atoms with Gasteiger partial charge in [0.2, 0.25) is 5.91 Å². The summed E-state index contributed by atoms with van der Waals surface area (Å²) >= 11 is 0. The van der Waals surface area contributed by atoms with Gasteiger partial charge in [-0.2, -0.15) is 0 Å². The van der Waals surface area contributed by atoms with Gasteiger partial charge in [-0.15, -0.1) is 0 Å². The largest absolute Gasteiger partial charge is 0.480 e. The molecule has 2 heterocycles. The number of amides is 1. The Morgan fingerprint density at radius 3 is 2.74 bits per heavy atom. The summed E-state index contributed by atoms with van der Waals surface area (Å²) in [5.74, 6) is -0.750. The summed E-state index contributed by atoms with van der Waals surface area (Å²) in [5, 5.41) is 9.46. The number of pyridine rings is 1. The van der Waals surface area contributed by atoms with Crippen molar-refractivity contribution in [2.75, 3.05) is 0 Å². The topological polar surface area (TPSA) is 79.6 Å². The minimum absolute atomic E-state index is 0.0600. The standard InChI is InChI=1S/C17H22N2O4/c20-15-7-3-4-9-18(15)10-8-16(21)19-13-6-2-1-5-12(13)11-14(19)17(22)23/h3-4,7,9,12-14H,1-2,5-6,8,10-11H2,(H,22,23)/t12-,13-,14-/m0/s1. The molecule has 2 fully saturated rings. The molecule has 1 aromatic rings. The second kappa shape index (κ2) is 6.56. The first-order chi connectivity index (χ1) is 11.1. The Morgan fingerprint density at radius 1 is 1.22 bits per heavy atom. The van der Waals surface area contributed by atoms with Crippen LogP contribution >= 0.6 is 0 Å². The number of aryl methyl sites for hydroxylation is 1. The van der Waals surface area contributed by atoms with Crippen LogP contribution in [0.3, 0.4) is 0 Å². The molecule has 0 aromatic carbocycles. The van der Waals surface area contributed by atoms with Gasteiger partial charge < -0.3 is 14.6 Å². The lowest BCUT2D eigenvalue weighted by molar-refractivity contribution is -0.150. The molecule has 1 N–H and O–H groups in total. The number of aliphatic carboxylic acids is 1. The van der Waals surface area contributed by atoms with Crippen LogP contribution < -0.4 is 5.56 Å². The van der Waals surface area contributed by atoms with Crippen LogP contribution in [-0.2, 0) is 16.1 Å². The maximum Gasteiger partial charge on any atom is 0.326 e. The maximum absolute atomic E-state index is 12.6. The van der Waals surface area contributed by atoms with Crippen LogP contribution in [-0.4, -0.2) is 38.5 Å². The van der Waals surface area contributed by atoms with Crippen molar-refractivity contribution in [2.24, 2.45) is 5.92 Å². The minimum Gasteiger partial charge on any atom is -0.480 e. The molecule has 1 amide bonds. The molecular weight excluding hydrogens is 296 g/mol. The van der Waals surface area contributed by atoms with E-state index in [0.29, 0.717) is 18.9 Å². The van der Waals surface area contributed by atoms with Crippen LogP contribution in [0.1, 0.15) is 38.5 Å². The third kappa shape index (κ3) is 3.16. The van der Waals surface area contributed by atoms with E-state index in [0.717, 1.165) is 25.7 Å². The summed E-state index contributed by atoms with van der Waals surface area (Å²) in [6.45, 7) is 0.290. The van der Waals surface area contributed by atoms with Gasteiger partial charge in [0.15, 0.2) is 0 Å². The zero-order chi connectivity index (χ0) is 16.4. The number of carbonyl (C=O) groups is 2. The van der Waals surface area contributed by atoms with E-state index in [1.807, 2.05) is 0 Å². The summed E-state index contributed by atoms with van der Waals surface area (Å²) in [6, 6.07) is 4.22. The Morgan fingerprint density at radius 2 is 2.00 bits per heavy atom. The van der Waals surface area contributed by atoms with E-state index >= 15 is 0 Å². The Kier molecular flexibility index (Phi) is 4.50. The van der Waals surface area contributed by atoms with Gasteiger partial charge in [-0.05, 0) is 31.2 Å². The molecular formula is C17H22N2O4. The number of fused-ring (bicyclic) bond motifs is 1. The number of nitrogens with zero attached hydrogens (tertiary/aromatic N) is 2. The zero-order valence-corrected chi connectivity index (χ0v) is 13.1. The monoisotopic (exact) mass is 318 g/mol. The van der Waals surface area contributed by atoms with Gasteiger partial charge in [0.05, 0.1) is 0 Å². The summed E-state index contributed by atoms with van der Waals surface area (Å²) in [4.78, 5) is 37.5. The van der Waals surface area contributed by atoms with Gasteiger partial charge in [-0.1, -0.05) is 18.9 Å². The van der Waals surface area contributed by atoms with Crippen LogP contribution in [0.15, 0.2) is 29.2 Å². The number of likely N-dealkylation sites (tertiary alicyclic amines) is 1. The molecule has 6 nitrogen and oxygen atoms in total. The third-order valence-electron chi connectivity index (χ3n) is 5.13. The molecule has 3 atom stereocenters. The van der Waals surface area contributed by atoms with Crippen molar-refractivity contribution < 1.29 is 14.7 Å². The molecule has 0 bridgehead atoms. The fraction of sp³-hybridized carbons (Fsp3) is 0.588. The molecule has 0 spiro atoms. The quantitative estimate of drug-likeness (QED) is 0.912. The number of carboxylic acids is 1. The third-order valence-corrected chi connectivity index (χ3v) is 5.13. The number of carbonyl (C=O) groups excluding carboxylic acids is 1. The summed E-state index contributed by atoms with van der Waals surface area (Å²) in [7, 11) is 0. The highest BCUT2D eigenvalue weighted by Gasteiger charge is 2.47. The average molecular weight is 318 g/mol. The molecule has 0 unspecified atom stereocenters. The molecule has 23 heavy (non-hydrogen) atoms. The second-order valence-corrected chi connectivity index (χ2v) is 6.48. The van der Waals surface area contributed by atoms with Gasteiger partial charge in [-0.25, -0.2) is 4.79 Å². The van der Waals surface area contributed by atoms with Crippen LogP contribution in [0, 0.1) is 5.92 Å². The van der Waals surface area contributed by atoms with Gasteiger partial charge in [0.25, 0.3) is 5.56 Å². The van der Waals surface area contributed by atoms with Crippen molar-refractivity contribution in [2.45, 2.75) is 57.2 Å². The molecule has 1 aliphatic heterocycles. The van der Waals surface area contributed by atoms with Gasteiger partial charge in [0, 0.05) is 31.3 Å². The molecule has 3 rings (SSSR count). The van der Waals surface area contributed by atoms with Crippen LogP contribution in [0.2, 0.25) is 0 Å². The number of carboxylic acid groups (broad SMARTS) is 1. The van der Waals surface area contributed by atoms with Crippen molar-refractivity contribution in [3.05, 3.63) is 34.7 Å². The van der Waals surface area contributed by atoms with Crippen molar-refractivity contribution in [3.63, 3.8) is 0 Å². The fourth-order valence-electron chi connectivity index (χ4n) is 4.03. The van der Waals surface area contributed by atoms with E-state index in [2.05, 4.69) is 0 Å². The van der Waals surface area contributed by atoms with E-state index < -0.39 is 12.0 Å². The molecule has 1 aliphatic carbocycles. The highest BCUT2D eigenvalue weighted by molar-refractivity contribution is 5.84. The Labute approximate surface area is 134 Å². The highest BCUT2D eigenvalue weighted by atomic mass is 16.4. The zero-order valence-electron chi connectivity index (χ0n) is 13.1. The lowest BCUT2D eigenvalue weighted by Gasteiger charge is -2.33. The minimum atomic E-state index is -0.912. The first-order valence-electron chi connectivity index (χ1n) is 8.27. The Balaban J connectivity index is 1.72. The smallest absolute Gasteiger partial charge is 0.326 e. The summed E-state index contributed by atoms with van der Waals surface area (Å²) in [6.07, 6.45) is 6.46. The predicted octanol–water partition coefficient (Wildman–Crippen LogP) is 1.48. The first-order valence-corrected chi connectivity index (χ1v) is 8.27. The normalized spacial score (nSPS) is 26.8. The molecule has 1 aromatic heterocycles. The van der Waals surface area contributed by atoms with Crippen molar-refractivity contribution >= 4 is 11.9 Å². The second-order valence-electron chi connectivity index (χ2n) is 6.48. The van der Waals surface area contributed by atoms with E-state index in [1.165, 1.54) is 10.6 Å². The van der Waals surface area contributed by atoms with Crippen molar-refractivity contribution in [1.29, 1.82) is 0 Å². The SMILES string of the molecule is O=C(O)[C@@H]1C[C@@H]2CCCC[C@@H]2N1C(=O)CCn1ccccc1=O. The molecule has 1 saturated carbocycles. The number of aromatic nitrogens is 1. The summed E-state index contributed by atoms with van der Waals surface area (Å²) < 4.78 is 1.49. The molecule has 1 saturated heterocycles. The van der Waals surface area contributed by atoms with E-state index in [1.54, 1.807) is 23.2 Å². The first kappa shape index (κ1) is 15.8. The van der Waals surface area contributed by atoms with E-state index in [9.17, 15) is 19.5 Å². The maximum atomic E-state index is 12.6. The van der Waals surface area contributed by atoms with Crippen molar-refractivity contribution in [3.8, 4) is 0 Å². The van der Waals surface area contributed by atoms with Crippen LogP contribution in [0.4, 0.5) is 0 Å². The molecule has 2 aliphatic rings. The van der Waals surface area contributed by atoms with E-state index in [4.69, 9.17) is 0 Å². The summed E-state index contributed by atoms with van der Waals surface area (Å²) in [5.41, 5.74) is -0.146. The fourth-order valence-corrected chi connectivity index (χ4v) is 4.03. The van der Waals surface area contributed by atoms with Gasteiger partial charge in [0.1, 0.15) is 6.04 Å². The predicted molar refractivity (Wildman–Crippen MR) is 84.0 cm³/mol. The van der Waals surface area contributed by atoms with Crippen LogP contribution in [0.5, 0.6) is 0 Å². The lowest BCUT2D eigenvalue weighted by atomic mass is 9.84. The van der Waals surface area contributed by atoms with Crippen LogP contribution in [0.25, 0.3) is 0 Å². The number of hydrogen-bond donors (Lipinski definition) is 1. The Hall–Kier alpha value is -2.11. The van der Waals surface area contributed by atoms with E-state index in [-0.39, 0.29) is 23.9 Å².